The van der Waals surface area contributed by atoms with Crippen molar-refractivity contribution < 1.29 is 43.2 Å². The Morgan fingerprint density at radius 2 is 0.953 bits per heavy atom. The van der Waals surface area contributed by atoms with E-state index in [1.165, 1.54) is 48.5 Å². The lowest BCUT2D eigenvalue weighted by molar-refractivity contribution is -0.385. The first-order chi connectivity index (χ1) is 19.8. The molecule has 0 spiro atoms. The molecule has 0 radical (unpaired) electrons. The van der Waals surface area contributed by atoms with E-state index in [0.29, 0.717) is 11.1 Å². The predicted octanol–water partition coefficient (Wildman–Crippen LogP) is 4.14. The van der Waals surface area contributed by atoms with Crippen molar-refractivity contribution in [2.45, 2.75) is 77.7 Å². The highest BCUT2D eigenvalue weighted by Gasteiger charge is 2.32. The molecule has 0 aliphatic heterocycles. The summed E-state index contributed by atoms with van der Waals surface area (Å²) in [6, 6.07) is 7.39. The molecule has 2 atom stereocenters. The van der Waals surface area contributed by atoms with Crippen LogP contribution in [-0.2, 0) is 36.6 Å². The Hall–Kier alpha value is -5.08. The quantitative estimate of drug-likeness (QED) is 0.130. The van der Waals surface area contributed by atoms with Crippen LogP contribution in [0.4, 0.5) is 21.0 Å². The van der Waals surface area contributed by atoms with E-state index in [4.69, 9.17) is 14.2 Å². The van der Waals surface area contributed by atoms with Crippen LogP contribution in [0.5, 0.6) is 0 Å². The Kier molecular flexibility index (Phi) is 11.3. The van der Waals surface area contributed by atoms with Crippen LogP contribution in [-0.4, -0.2) is 57.3 Å². The molecule has 2 aromatic rings. The summed E-state index contributed by atoms with van der Waals surface area (Å²) in [6.45, 7) is 9.61. The number of nitro benzene ring substituents is 2. The molecular formula is C28H34N4O11. The summed E-state index contributed by atoms with van der Waals surface area (Å²) in [7, 11) is 0. The van der Waals surface area contributed by atoms with Gasteiger partial charge in [-0.2, -0.15) is 0 Å². The van der Waals surface area contributed by atoms with E-state index in [1.807, 2.05) is 0 Å². The van der Waals surface area contributed by atoms with E-state index < -0.39 is 57.3 Å². The van der Waals surface area contributed by atoms with E-state index in [0.717, 1.165) is 0 Å². The number of hydrogen-bond donors (Lipinski definition) is 2. The summed E-state index contributed by atoms with van der Waals surface area (Å²) in [5.74, 6) is -2.40. The summed E-state index contributed by atoms with van der Waals surface area (Å²) in [4.78, 5) is 72.1. The zero-order valence-corrected chi connectivity index (χ0v) is 24.6. The van der Waals surface area contributed by atoms with Gasteiger partial charge in [-0.15, -0.1) is 0 Å². The summed E-state index contributed by atoms with van der Waals surface area (Å²) in [5.41, 5.74) is -1.44. The fourth-order valence-electron chi connectivity index (χ4n) is 3.51. The lowest BCUT2D eigenvalue weighted by atomic mass is 10.0. The van der Waals surface area contributed by atoms with Gasteiger partial charge in [-0.1, -0.05) is 24.3 Å². The molecule has 0 bridgehead atoms. The molecule has 0 saturated heterocycles. The van der Waals surface area contributed by atoms with Crippen molar-refractivity contribution in [3.05, 3.63) is 79.9 Å². The average Bonchev–Trinajstić information content (AvgIpc) is 2.86. The Balaban J connectivity index is 2.30. The number of carbonyl (C=O) groups is 4. The number of rotatable bonds is 10. The fraction of sp³-hybridized carbons (Fsp3) is 0.429. The van der Waals surface area contributed by atoms with E-state index >= 15 is 0 Å². The van der Waals surface area contributed by atoms with Crippen LogP contribution in [0.15, 0.2) is 48.5 Å². The normalized spacial score (nSPS) is 12.7. The molecular weight excluding hydrogens is 568 g/mol. The molecule has 0 saturated carbocycles. The van der Waals surface area contributed by atoms with Crippen molar-refractivity contribution >= 4 is 35.5 Å². The van der Waals surface area contributed by atoms with Gasteiger partial charge in [0.15, 0.2) is 0 Å². The Morgan fingerprint density at radius 3 is 1.21 bits per heavy atom. The molecule has 0 aliphatic rings. The number of amides is 2. The van der Waals surface area contributed by atoms with Gasteiger partial charge < -0.3 is 24.8 Å². The largest absolute Gasteiger partial charge is 0.444 e. The standard InChI is InChI=1S/C28H34N4O11/c1-27(2,3)42-25(35)29-21(15-17-7-11-19(12-8-17)31(37)38)23(33)41-24(34)22(30-26(36)43-28(4,5)6)16-18-9-13-20(14-10-18)32(39)40/h7-14,21-22H,15-16H2,1-6H3,(H,29,35)(H,30,36)/t21-,22-/m0/s1. The second-order valence-electron chi connectivity index (χ2n) is 11.4. The highest BCUT2D eigenvalue weighted by atomic mass is 16.6. The van der Waals surface area contributed by atoms with Gasteiger partial charge in [0.05, 0.1) is 9.85 Å². The zero-order valence-electron chi connectivity index (χ0n) is 24.6. The van der Waals surface area contributed by atoms with Gasteiger partial charge >= 0.3 is 24.1 Å². The summed E-state index contributed by atoms with van der Waals surface area (Å²) in [5, 5.41) is 26.7. The molecule has 2 amide bonds. The molecule has 2 rings (SSSR count). The maximum atomic E-state index is 13.2. The maximum absolute atomic E-state index is 13.2. The maximum Gasteiger partial charge on any atom is 0.408 e. The van der Waals surface area contributed by atoms with Crippen LogP contribution in [0, 0.1) is 20.2 Å². The minimum absolute atomic E-state index is 0.194. The number of hydrogen-bond acceptors (Lipinski definition) is 11. The first-order valence-electron chi connectivity index (χ1n) is 13.0. The molecule has 232 valence electrons. The highest BCUT2D eigenvalue weighted by molar-refractivity contribution is 5.93. The molecule has 0 heterocycles. The second kappa shape index (κ2) is 14.2. The average molecular weight is 603 g/mol. The molecule has 2 aromatic carbocycles. The molecule has 0 fully saturated rings. The highest BCUT2D eigenvalue weighted by Crippen LogP contribution is 2.17. The number of nitrogens with one attached hydrogen (secondary N) is 2. The lowest BCUT2D eigenvalue weighted by Gasteiger charge is -2.24. The number of nitro groups is 2. The smallest absolute Gasteiger partial charge is 0.408 e. The number of carbonyl (C=O) groups excluding carboxylic acids is 4. The van der Waals surface area contributed by atoms with Crippen LogP contribution in [0.2, 0.25) is 0 Å². The first kappa shape index (κ1) is 34.1. The van der Waals surface area contributed by atoms with Gasteiger partial charge in [0.2, 0.25) is 0 Å². The minimum atomic E-state index is -1.47. The minimum Gasteiger partial charge on any atom is -0.444 e. The van der Waals surface area contributed by atoms with Gasteiger partial charge in [-0.25, -0.2) is 19.2 Å². The van der Waals surface area contributed by atoms with Gasteiger partial charge in [-0.05, 0) is 52.7 Å². The van der Waals surface area contributed by atoms with Crippen LogP contribution in [0.25, 0.3) is 0 Å². The molecule has 2 N–H and O–H groups in total. The Morgan fingerprint density at radius 1 is 0.651 bits per heavy atom. The number of benzene rings is 2. The van der Waals surface area contributed by atoms with Crippen molar-refractivity contribution in [1.82, 2.24) is 10.6 Å². The molecule has 0 aliphatic carbocycles. The topological polar surface area (TPSA) is 206 Å². The van der Waals surface area contributed by atoms with Crippen molar-refractivity contribution in [2.75, 3.05) is 0 Å². The number of ether oxygens (including phenoxy) is 3. The van der Waals surface area contributed by atoms with E-state index in [9.17, 15) is 39.4 Å². The molecule has 15 nitrogen and oxygen atoms in total. The van der Waals surface area contributed by atoms with Crippen molar-refractivity contribution in [1.29, 1.82) is 0 Å². The third kappa shape index (κ3) is 12.1. The van der Waals surface area contributed by atoms with Crippen LogP contribution < -0.4 is 10.6 Å². The number of nitrogens with zero attached hydrogens (tertiary/aromatic N) is 2. The van der Waals surface area contributed by atoms with Crippen molar-refractivity contribution in [2.24, 2.45) is 0 Å². The predicted molar refractivity (Wildman–Crippen MR) is 151 cm³/mol. The summed E-state index contributed by atoms with van der Waals surface area (Å²) in [6.07, 6.45) is -2.43. The lowest BCUT2D eigenvalue weighted by Crippen LogP contribution is -2.49. The Bertz CT molecular complexity index is 1240. The SMILES string of the molecule is CC(C)(C)OC(=O)N[C@@H](Cc1ccc([N+](=O)[O-])cc1)C(=O)OC(=O)[C@H](Cc1ccc([N+](=O)[O-])cc1)NC(=O)OC(C)(C)C. The number of esters is 2. The van der Waals surface area contributed by atoms with Crippen LogP contribution in [0.1, 0.15) is 52.7 Å². The van der Waals surface area contributed by atoms with E-state index in [-0.39, 0.29) is 24.2 Å². The van der Waals surface area contributed by atoms with Crippen LogP contribution >= 0.6 is 0 Å². The molecule has 15 heteroatoms. The van der Waals surface area contributed by atoms with Crippen molar-refractivity contribution in [3.63, 3.8) is 0 Å². The number of non-ortho nitro benzene ring substituents is 2. The summed E-state index contributed by atoms with van der Waals surface area (Å²) < 4.78 is 15.5. The van der Waals surface area contributed by atoms with Gasteiger partial charge in [0.1, 0.15) is 23.3 Å². The fourth-order valence-corrected chi connectivity index (χ4v) is 3.51. The third-order valence-corrected chi connectivity index (χ3v) is 5.33. The van der Waals surface area contributed by atoms with Gasteiger partial charge in [0, 0.05) is 37.1 Å². The van der Waals surface area contributed by atoms with E-state index in [2.05, 4.69) is 10.6 Å². The Labute approximate surface area is 247 Å². The monoisotopic (exact) mass is 602 g/mol. The van der Waals surface area contributed by atoms with Gasteiger partial charge in [0.25, 0.3) is 11.4 Å². The van der Waals surface area contributed by atoms with E-state index in [1.54, 1.807) is 41.5 Å². The molecule has 0 unspecified atom stereocenters. The number of alkyl carbamates (subject to hydrolysis) is 2. The third-order valence-electron chi connectivity index (χ3n) is 5.33. The van der Waals surface area contributed by atoms with Gasteiger partial charge in [-0.3, -0.25) is 20.2 Å². The summed E-state index contributed by atoms with van der Waals surface area (Å²) >= 11 is 0. The second-order valence-corrected chi connectivity index (χ2v) is 11.4. The zero-order chi connectivity index (χ0) is 32.5. The molecule has 43 heavy (non-hydrogen) atoms. The molecule has 0 aromatic heterocycles. The van der Waals surface area contributed by atoms with Crippen LogP contribution in [0.3, 0.4) is 0 Å². The first-order valence-corrected chi connectivity index (χ1v) is 13.0. The van der Waals surface area contributed by atoms with Crippen molar-refractivity contribution in [3.8, 4) is 0 Å².